The van der Waals surface area contributed by atoms with Gasteiger partial charge in [-0.3, -0.25) is 4.79 Å². The molecule has 2 aromatic rings. The average Bonchev–Trinajstić information content (AvgIpc) is 3.20. The molecule has 21 heavy (non-hydrogen) atoms. The maximum Gasteiger partial charge on any atom is 0.241 e. The number of thioether (sulfide) groups is 1. The number of hydrogen-bond acceptors (Lipinski definition) is 5. The highest BCUT2D eigenvalue weighted by molar-refractivity contribution is 7.99. The van der Waals surface area contributed by atoms with Gasteiger partial charge in [-0.05, 0) is 23.6 Å². The summed E-state index contributed by atoms with van der Waals surface area (Å²) < 4.78 is 5.40. The quantitative estimate of drug-likeness (QED) is 0.919. The van der Waals surface area contributed by atoms with Gasteiger partial charge in [-0.1, -0.05) is 6.07 Å². The number of rotatable bonds is 5. The number of furan rings is 1. The Morgan fingerprint density at radius 2 is 2.33 bits per heavy atom. The van der Waals surface area contributed by atoms with Crippen LogP contribution in [0.15, 0.2) is 40.3 Å². The van der Waals surface area contributed by atoms with E-state index in [0.717, 1.165) is 23.8 Å². The van der Waals surface area contributed by atoms with Crippen LogP contribution in [0.4, 0.5) is 0 Å². The lowest BCUT2D eigenvalue weighted by Crippen LogP contribution is -2.50. The number of amides is 1. The molecule has 0 spiro atoms. The fourth-order valence-electron chi connectivity index (χ4n) is 2.34. The van der Waals surface area contributed by atoms with Crippen LogP contribution in [0.3, 0.4) is 0 Å². The third-order valence-corrected chi connectivity index (χ3v) is 5.31. The average molecular weight is 322 g/mol. The smallest absolute Gasteiger partial charge is 0.241 e. The van der Waals surface area contributed by atoms with Crippen molar-refractivity contribution in [3.05, 3.63) is 46.5 Å². The Hall–Kier alpha value is -1.24. The van der Waals surface area contributed by atoms with E-state index >= 15 is 0 Å². The first-order chi connectivity index (χ1) is 10.3. The highest BCUT2D eigenvalue weighted by Gasteiger charge is 2.26. The van der Waals surface area contributed by atoms with Crippen molar-refractivity contribution in [2.24, 2.45) is 0 Å². The summed E-state index contributed by atoms with van der Waals surface area (Å²) >= 11 is 3.51. The van der Waals surface area contributed by atoms with Crippen molar-refractivity contribution < 1.29 is 9.21 Å². The lowest BCUT2D eigenvalue weighted by atomic mass is 10.2. The molecule has 0 radical (unpaired) electrons. The second-order valence-electron chi connectivity index (χ2n) is 4.93. The topological polar surface area (TPSA) is 45.5 Å². The lowest BCUT2D eigenvalue weighted by molar-refractivity contribution is -0.134. The summed E-state index contributed by atoms with van der Waals surface area (Å²) in [5, 5.41) is 5.36. The van der Waals surface area contributed by atoms with Gasteiger partial charge in [0.25, 0.3) is 0 Å². The van der Waals surface area contributed by atoms with E-state index in [1.54, 1.807) is 17.6 Å². The molecule has 2 aromatic heterocycles. The van der Waals surface area contributed by atoms with Crippen LogP contribution in [-0.4, -0.2) is 34.9 Å². The van der Waals surface area contributed by atoms with Gasteiger partial charge in [0.2, 0.25) is 5.91 Å². The Morgan fingerprint density at radius 3 is 3.00 bits per heavy atom. The van der Waals surface area contributed by atoms with E-state index in [2.05, 4.69) is 11.4 Å². The normalized spacial score (nSPS) is 18.6. The summed E-state index contributed by atoms with van der Waals surface area (Å²) in [7, 11) is 0. The highest BCUT2D eigenvalue weighted by Crippen LogP contribution is 2.18. The molecule has 3 heterocycles. The Morgan fingerprint density at radius 1 is 1.38 bits per heavy atom. The van der Waals surface area contributed by atoms with E-state index in [1.165, 1.54) is 4.88 Å². The molecule has 4 nitrogen and oxygen atoms in total. The zero-order chi connectivity index (χ0) is 14.5. The minimum Gasteiger partial charge on any atom is -0.467 e. The number of carbonyl (C=O) groups is 1. The van der Waals surface area contributed by atoms with Gasteiger partial charge in [0.1, 0.15) is 5.76 Å². The molecule has 1 amide bonds. The van der Waals surface area contributed by atoms with Crippen molar-refractivity contribution in [1.82, 2.24) is 10.2 Å². The summed E-state index contributed by atoms with van der Waals surface area (Å²) in [6, 6.07) is 7.77. The Kier molecular flexibility index (Phi) is 5.00. The number of hydrogen-bond donors (Lipinski definition) is 1. The van der Waals surface area contributed by atoms with Crippen molar-refractivity contribution in [3.63, 3.8) is 0 Å². The van der Waals surface area contributed by atoms with E-state index in [1.807, 2.05) is 40.2 Å². The van der Waals surface area contributed by atoms with Crippen LogP contribution in [0.25, 0.3) is 0 Å². The molecule has 112 valence electrons. The standard InChI is InChI=1S/C15H18N2O2S2/c18-15(14-11-20-8-5-16-14)17(9-12-3-1-6-19-12)10-13-4-2-7-21-13/h1-4,6-7,14,16H,5,8-11H2. The molecule has 6 heteroatoms. The zero-order valence-corrected chi connectivity index (χ0v) is 13.3. The molecule has 0 aromatic carbocycles. The van der Waals surface area contributed by atoms with Gasteiger partial charge in [0.15, 0.2) is 0 Å². The highest BCUT2D eigenvalue weighted by atomic mass is 32.2. The summed E-state index contributed by atoms with van der Waals surface area (Å²) in [5.41, 5.74) is 0. The molecule has 3 rings (SSSR count). The molecule has 1 N–H and O–H groups in total. The molecule has 1 saturated heterocycles. The first kappa shape index (κ1) is 14.7. The van der Waals surface area contributed by atoms with Gasteiger partial charge >= 0.3 is 0 Å². The van der Waals surface area contributed by atoms with Crippen LogP contribution in [0.5, 0.6) is 0 Å². The Bertz CT molecular complexity index is 512. The summed E-state index contributed by atoms with van der Waals surface area (Å²) in [5.74, 6) is 2.90. The molecule has 1 aliphatic heterocycles. The van der Waals surface area contributed by atoms with E-state index in [0.29, 0.717) is 13.1 Å². The van der Waals surface area contributed by atoms with Crippen LogP contribution >= 0.6 is 23.1 Å². The van der Waals surface area contributed by atoms with Crippen molar-refractivity contribution in [3.8, 4) is 0 Å². The summed E-state index contributed by atoms with van der Waals surface area (Å²) in [6.07, 6.45) is 1.65. The predicted octanol–water partition coefficient (Wildman–Crippen LogP) is 2.57. The van der Waals surface area contributed by atoms with Crippen molar-refractivity contribution in [2.45, 2.75) is 19.1 Å². The fraction of sp³-hybridized carbons (Fsp3) is 0.400. The molecule has 1 unspecified atom stereocenters. The number of nitrogens with zero attached hydrogens (tertiary/aromatic N) is 1. The van der Waals surface area contributed by atoms with Gasteiger partial charge < -0.3 is 14.6 Å². The van der Waals surface area contributed by atoms with Crippen LogP contribution in [0.2, 0.25) is 0 Å². The van der Waals surface area contributed by atoms with Crippen LogP contribution in [0.1, 0.15) is 10.6 Å². The molecule has 0 aliphatic carbocycles. The second-order valence-corrected chi connectivity index (χ2v) is 7.12. The van der Waals surface area contributed by atoms with Gasteiger partial charge in [-0.15, -0.1) is 11.3 Å². The SMILES string of the molecule is O=C(C1CSCCN1)N(Cc1ccco1)Cc1cccs1. The van der Waals surface area contributed by atoms with Crippen molar-refractivity contribution >= 4 is 29.0 Å². The van der Waals surface area contributed by atoms with Crippen LogP contribution < -0.4 is 5.32 Å². The maximum atomic E-state index is 12.8. The van der Waals surface area contributed by atoms with Crippen LogP contribution in [-0.2, 0) is 17.9 Å². The van der Waals surface area contributed by atoms with Crippen molar-refractivity contribution in [1.29, 1.82) is 0 Å². The van der Waals surface area contributed by atoms with E-state index in [9.17, 15) is 4.79 Å². The first-order valence-electron chi connectivity index (χ1n) is 6.97. The third-order valence-electron chi connectivity index (χ3n) is 3.39. The van der Waals surface area contributed by atoms with E-state index in [4.69, 9.17) is 4.42 Å². The Labute approximate surface area is 132 Å². The lowest BCUT2D eigenvalue weighted by Gasteiger charge is -2.29. The Balaban J connectivity index is 1.72. The largest absolute Gasteiger partial charge is 0.467 e. The van der Waals surface area contributed by atoms with Crippen LogP contribution in [0, 0.1) is 0 Å². The monoisotopic (exact) mass is 322 g/mol. The molecule has 1 atom stereocenters. The summed E-state index contributed by atoms with van der Waals surface area (Å²) in [4.78, 5) is 15.8. The van der Waals surface area contributed by atoms with Gasteiger partial charge in [-0.2, -0.15) is 11.8 Å². The third kappa shape index (κ3) is 3.90. The summed E-state index contributed by atoms with van der Waals surface area (Å²) in [6.45, 7) is 2.06. The number of nitrogens with one attached hydrogen (secondary N) is 1. The maximum absolute atomic E-state index is 12.8. The molecule has 0 bridgehead atoms. The van der Waals surface area contributed by atoms with Gasteiger partial charge in [-0.25, -0.2) is 0 Å². The van der Waals surface area contributed by atoms with E-state index in [-0.39, 0.29) is 11.9 Å². The minimum atomic E-state index is -0.0846. The minimum absolute atomic E-state index is 0.0846. The van der Waals surface area contributed by atoms with Gasteiger partial charge in [0.05, 0.1) is 25.4 Å². The molecule has 1 fully saturated rings. The van der Waals surface area contributed by atoms with Gasteiger partial charge in [0, 0.05) is 22.9 Å². The molecular formula is C15H18N2O2S2. The molecule has 0 saturated carbocycles. The van der Waals surface area contributed by atoms with E-state index < -0.39 is 0 Å². The molecule has 1 aliphatic rings. The fourth-order valence-corrected chi connectivity index (χ4v) is 3.98. The number of thiophene rings is 1. The van der Waals surface area contributed by atoms with Crippen molar-refractivity contribution in [2.75, 3.05) is 18.1 Å². The zero-order valence-electron chi connectivity index (χ0n) is 11.7. The number of carbonyl (C=O) groups excluding carboxylic acids is 1. The predicted molar refractivity (Wildman–Crippen MR) is 86.4 cm³/mol. The molecular weight excluding hydrogens is 304 g/mol. The first-order valence-corrected chi connectivity index (χ1v) is 9.01. The second kappa shape index (κ2) is 7.15.